The van der Waals surface area contributed by atoms with Crippen LogP contribution in [0, 0.1) is 0 Å². The summed E-state index contributed by atoms with van der Waals surface area (Å²) in [6.07, 6.45) is 3.05. The standard InChI is InChI=1S/C19H27N3O4/c1-3-26-18(23)9-6-16-4-7-17(8-5-16)21-19(24)20-14-15(2)22-10-12-25-13-11-22/h4-9,15H,3,10-14H2,1-2H3,(H2,20,21,24)/b9-6+/t15-/m0/s1. The molecule has 0 saturated carbocycles. The number of rotatable bonds is 7. The molecule has 7 heteroatoms. The van der Waals surface area contributed by atoms with Crippen molar-refractivity contribution in [2.75, 3.05) is 44.8 Å². The number of hydrogen-bond donors (Lipinski definition) is 2. The van der Waals surface area contributed by atoms with Crippen molar-refractivity contribution in [2.45, 2.75) is 19.9 Å². The maximum atomic E-state index is 12.0. The van der Waals surface area contributed by atoms with Crippen LogP contribution in [0.1, 0.15) is 19.4 Å². The van der Waals surface area contributed by atoms with Gasteiger partial charge in [0, 0.05) is 37.4 Å². The number of carbonyl (C=O) groups is 2. The zero-order chi connectivity index (χ0) is 18.8. The van der Waals surface area contributed by atoms with Crippen LogP contribution in [0.5, 0.6) is 0 Å². The molecular formula is C19H27N3O4. The Kier molecular flexibility index (Phi) is 8.11. The van der Waals surface area contributed by atoms with Crippen LogP contribution < -0.4 is 10.6 Å². The molecule has 1 saturated heterocycles. The first-order chi connectivity index (χ1) is 12.6. The zero-order valence-corrected chi connectivity index (χ0v) is 15.4. The van der Waals surface area contributed by atoms with Crippen LogP contribution in [-0.4, -0.2) is 62.4 Å². The van der Waals surface area contributed by atoms with Crippen molar-refractivity contribution in [2.24, 2.45) is 0 Å². The molecule has 0 aliphatic carbocycles. The van der Waals surface area contributed by atoms with Gasteiger partial charge in [-0.2, -0.15) is 0 Å². The third-order valence-corrected chi connectivity index (χ3v) is 4.09. The number of anilines is 1. The van der Waals surface area contributed by atoms with Crippen LogP contribution in [0.2, 0.25) is 0 Å². The van der Waals surface area contributed by atoms with E-state index in [1.54, 1.807) is 25.1 Å². The van der Waals surface area contributed by atoms with Crippen LogP contribution in [0.4, 0.5) is 10.5 Å². The molecule has 2 amide bonds. The maximum Gasteiger partial charge on any atom is 0.330 e. The first kappa shape index (κ1) is 19.9. The number of urea groups is 1. The summed E-state index contributed by atoms with van der Waals surface area (Å²) in [7, 11) is 0. The molecule has 0 spiro atoms. The average Bonchev–Trinajstić information content (AvgIpc) is 2.66. The molecule has 1 aliphatic rings. The number of benzene rings is 1. The first-order valence-electron chi connectivity index (χ1n) is 8.90. The van der Waals surface area contributed by atoms with E-state index >= 15 is 0 Å². The van der Waals surface area contributed by atoms with E-state index in [0.29, 0.717) is 18.8 Å². The average molecular weight is 361 g/mol. The Bertz CT molecular complexity index is 610. The predicted octanol–water partition coefficient (Wildman–Crippen LogP) is 2.11. The molecule has 1 atom stereocenters. The van der Waals surface area contributed by atoms with E-state index < -0.39 is 0 Å². The minimum atomic E-state index is -0.372. The summed E-state index contributed by atoms with van der Waals surface area (Å²) >= 11 is 0. The lowest BCUT2D eigenvalue weighted by molar-refractivity contribution is -0.137. The highest BCUT2D eigenvalue weighted by Crippen LogP contribution is 2.11. The molecule has 0 radical (unpaired) electrons. The number of amides is 2. The van der Waals surface area contributed by atoms with Crippen LogP contribution in [0.25, 0.3) is 6.08 Å². The quantitative estimate of drug-likeness (QED) is 0.574. The van der Waals surface area contributed by atoms with Gasteiger partial charge in [0.05, 0.1) is 19.8 Å². The third kappa shape index (κ3) is 6.85. The van der Waals surface area contributed by atoms with E-state index in [1.165, 1.54) is 6.08 Å². The van der Waals surface area contributed by atoms with Gasteiger partial charge in [0.1, 0.15) is 0 Å². The second-order valence-electron chi connectivity index (χ2n) is 6.04. The molecule has 142 valence electrons. The van der Waals surface area contributed by atoms with Crippen molar-refractivity contribution in [3.63, 3.8) is 0 Å². The molecule has 0 bridgehead atoms. The van der Waals surface area contributed by atoms with E-state index in [4.69, 9.17) is 9.47 Å². The largest absolute Gasteiger partial charge is 0.463 e. The van der Waals surface area contributed by atoms with Gasteiger partial charge in [-0.15, -0.1) is 0 Å². The highest BCUT2D eigenvalue weighted by atomic mass is 16.5. The summed E-state index contributed by atoms with van der Waals surface area (Å²) in [6, 6.07) is 7.25. The number of carbonyl (C=O) groups excluding carboxylic acids is 2. The second kappa shape index (κ2) is 10.6. The highest BCUT2D eigenvalue weighted by molar-refractivity contribution is 5.90. The molecule has 7 nitrogen and oxygen atoms in total. The Labute approximate surface area is 154 Å². The van der Waals surface area contributed by atoms with Crippen LogP contribution in [-0.2, 0) is 14.3 Å². The molecule has 0 aromatic heterocycles. The van der Waals surface area contributed by atoms with Gasteiger partial charge in [0.15, 0.2) is 0 Å². The number of hydrogen-bond acceptors (Lipinski definition) is 5. The molecular weight excluding hydrogens is 334 g/mol. The Hall–Kier alpha value is -2.38. The number of esters is 1. The number of ether oxygens (including phenoxy) is 2. The minimum absolute atomic E-state index is 0.236. The number of morpholine rings is 1. The fourth-order valence-electron chi connectivity index (χ4n) is 2.60. The normalized spacial score (nSPS) is 16.2. The molecule has 0 unspecified atom stereocenters. The van der Waals surface area contributed by atoms with E-state index in [-0.39, 0.29) is 18.0 Å². The zero-order valence-electron chi connectivity index (χ0n) is 15.4. The van der Waals surface area contributed by atoms with Gasteiger partial charge in [-0.3, -0.25) is 4.90 Å². The van der Waals surface area contributed by atoms with Crippen LogP contribution in [0.15, 0.2) is 30.3 Å². The van der Waals surface area contributed by atoms with Crippen molar-refractivity contribution in [3.8, 4) is 0 Å². The third-order valence-electron chi connectivity index (χ3n) is 4.09. The number of nitrogens with zero attached hydrogens (tertiary/aromatic N) is 1. The monoisotopic (exact) mass is 361 g/mol. The van der Waals surface area contributed by atoms with Crippen molar-refractivity contribution in [3.05, 3.63) is 35.9 Å². The molecule has 1 aromatic rings. The SMILES string of the molecule is CCOC(=O)/C=C/c1ccc(NC(=O)NC[C@H](C)N2CCOCC2)cc1. The number of nitrogens with one attached hydrogen (secondary N) is 2. The Morgan fingerprint density at radius 2 is 1.96 bits per heavy atom. The van der Waals surface area contributed by atoms with E-state index in [1.807, 2.05) is 12.1 Å². The molecule has 2 N–H and O–H groups in total. The van der Waals surface area contributed by atoms with Crippen molar-refractivity contribution >= 4 is 23.8 Å². The van der Waals surface area contributed by atoms with Gasteiger partial charge in [-0.05, 0) is 37.6 Å². The van der Waals surface area contributed by atoms with E-state index in [9.17, 15) is 9.59 Å². The van der Waals surface area contributed by atoms with Gasteiger partial charge < -0.3 is 20.1 Å². The van der Waals surface area contributed by atoms with E-state index in [0.717, 1.165) is 31.9 Å². The van der Waals surface area contributed by atoms with Gasteiger partial charge in [0.2, 0.25) is 0 Å². The summed E-state index contributed by atoms with van der Waals surface area (Å²) in [5.74, 6) is -0.372. The lowest BCUT2D eigenvalue weighted by atomic mass is 10.2. The predicted molar refractivity (Wildman–Crippen MR) is 101 cm³/mol. The lowest BCUT2D eigenvalue weighted by Gasteiger charge is -2.32. The molecule has 1 heterocycles. The fraction of sp³-hybridized carbons (Fsp3) is 0.474. The van der Waals surface area contributed by atoms with E-state index in [2.05, 4.69) is 22.5 Å². The summed E-state index contributed by atoms with van der Waals surface area (Å²) in [5.41, 5.74) is 1.54. The Morgan fingerprint density at radius 3 is 2.62 bits per heavy atom. The second-order valence-corrected chi connectivity index (χ2v) is 6.04. The summed E-state index contributed by atoms with van der Waals surface area (Å²) in [5, 5.41) is 5.69. The van der Waals surface area contributed by atoms with Crippen LogP contribution >= 0.6 is 0 Å². The molecule has 26 heavy (non-hydrogen) atoms. The smallest absolute Gasteiger partial charge is 0.330 e. The molecule has 1 aliphatic heterocycles. The maximum absolute atomic E-state index is 12.0. The Morgan fingerprint density at radius 1 is 1.27 bits per heavy atom. The summed E-state index contributed by atoms with van der Waals surface area (Å²) in [6.45, 7) is 8.06. The topological polar surface area (TPSA) is 79.9 Å². The lowest BCUT2D eigenvalue weighted by Crippen LogP contribution is -2.47. The first-order valence-corrected chi connectivity index (χ1v) is 8.90. The Balaban J connectivity index is 1.75. The van der Waals surface area contributed by atoms with Crippen molar-refractivity contribution < 1.29 is 19.1 Å². The van der Waals surface area contributed by atoms with Gasteiger partial charge in [-0.25, -0.2) is 9.59 Å². The van der Waals surface area contributed by atoms with Crippen molar-refractivity contribution in [1.82, 2.24) is 10.2 Å². The molecule has 1 fully saturated rings. The summed E-state index contributed by atoms with van der Waals surface area (Å²) in [4.78, 5) is 25.6. The van der Waals surface area contributed by atoms with Crippen LogP contribution in [0.3, 0.4) is 0 Å². The van der Waals surface area contributed by atoms with Gasteiger partial charge in [0.25, 0.3) is 0 Å². The van der Waals surface area contributed by atoms with Gasteiger partial charge >= 0.3 is 12.0 Å². The summed E-state index contributed by atoms with van der Waals surface area (Å²) < 4.78 is 10.2. The van der Waals surface area contributed by atoms with Crippen molar-refractivity contribution in [1.29, 1.82) is 0 Å². The highest BCUT2D eigenvalue weighted by Gasteiger charge is 2.17. The van der Waals surface area contributed by atoms with Gasteiger partial charge in [-0.1, -0.05) is 12.1 Å². The fourth-order valence-corrected chi connectivity index (χ4v) is 2.60. The molecule has 1 aromatic carbocycles. The minimum Gasteiger partial charge on any atom is -0.463 e. The molecule has 2 rings (SSSR count).